The summed E-state index contributed by atoms with van der Waals surface area (Å²) in [5, 5.41) is 3.49. The Balaban J connectivity index is 1.56. The number of hydrogen-bond donors (Lipinski definition) is 0. The van der Waals surface area contributed by atoms with E-state index >= 15 is 0 Å². The molecule has 2 heterocycles. The van der Waals surface area contributed by atoms with Crippen LogP contribution in [0.5, 0.6) is 0 Å². The highest BCUT2D eigenvalue weighted by molar-refractivity contribution is 5.13. The molecule has 2 aliphatic rings. The molecule has 25 heavy (non-hydrogen) atoms. The van der Waals surface area contributed by atoms with E-state index in [-0.39, 0.29) is 24.9 Å². The Hall–Kier alpha value is -1.67. The Morgan fingerprint density at radius 2 is 2.04 bits per heavy atom. The molecular formula is C17H23N3O5. The van der Waals surface area contributed by atoms with Gasteiger partial charge in [0.25, 0.3) is 0 Å². The van der Waals surface area contributed by atoms with E-state index in [1.54, 1.807) is 0 Å². The number of nitrogens with zero attached hydrogens (tertiary/aromatic N) is 3. The molecule has 0 N–H and O–H groups in total. The fourth-order valence-corrected chi connectivity index (χ4v) is 3.02. The molecule has 8 nitrogen and oxygen atoms in total. The molecule has 2 unspecified atom stereocenters. The number of hydrogen-bond acceptors (Lipinski definition) is 6. The van der Waals surface area contributed by atoms with Gasteiger partial charge in [0.1, 0.15) is 18.3 Å². The minimum absolute atomic E-state index is 0.256. The van der Waals surface area contributed by atoms with Gasteiger partial charge in [0, 0.05) is 11.5 Å². The van der Waals surface area contributed by atoms with E-state index in [0.717, 1.165) is 5.56 Å². The van der Waals surface area contributed by atoms with Crippen LogP contribution >= 0.6 is 0 Å². The molecule has 0 aromatic heterocycles. The SMILES string of the molecule is CC1(C)OC2C(OCCN=[N+]=[N-])[C@@H](COCc3ccccc3)O[C@@H]2O1. The molecule has 2 fully saturated rings. The van der Waals surface area contributed by atoms with Crippen LogP contribution in [-0.2, 0) is 30.3 Å². The monoisotopic (exact) mass is 349 g/mol. The van der Waals surface area contributed by atoms with Crippen molar-refractivity contribution < 1.29 is 23.7 Å². The lowest BCUT2D eigenvalue weighted by molar-refractivity contribution is -0.223. The second-order valence-electron chi connectivity index (χ2n) is 6.43. The van der Waals surface area contributed by atoms with Crippen LogP contribution in [-0.4, -0.2) is 50.1 Å². The number of fused-ring (bicyclic) bond motifs is 1. The highest BCUT2D eigenvalue weighted by Crippen LogP contribution is 2.38. The van der Waals surface area contributed by atoms with Gasteiger partial charge in [-0.3, -0.25) is 0 Å². The molecule has 2 aliphatic heterocycles. The van der Waals surface area contributed by atoms with Gasteiger partial charge in [-0.2, -0.15) is 0 Å². The molecule has 2 saturated heterocycles. The molecule has 136 valence electrons. The van der Waals surface area contributed by atoms with Gasteiger partial charge >= 0.3 is 0 Å². The van der Waals surface area contributed by atoms with Gasteiger partial charge in [-0.05, 0) is 24.9 Å². The lowest BCUT2D eigenvalue weighted by Gasteiger charge is -2.25. The summed E-state index contributed by atoms with van der Waals surface area (Å²) in [4.78, 5) is 2.72. The van der Waals surface area contributed by atoms with Gasteiger partial charge in [-0.25, -0.2) is 0 Å². The van der Waals surface area contributed by atoms with Crippen molar-refractivity contribution in [3.05, 3.63) is 46.3 Å². The summed E-state index contributed by atoms with van der Waals surface area (Å²) < 4.78 is 29.2. The van der Waals surface area contributed by atoms with Crippen LogP contribution in [0.25, 0.3) is 10.4 Å². The van der Waals surface area contributed by atoms with Crippen molar-refractivity contribution in [1.82, 2.24) is 0 Å². The van der Waals surface area contributed by atoms with Gasteiger partial charge < -0.3 is 23.7 Å². The molecular weight excluding hydrogens is 326 g/mol. The van der Waals surface area contributed by atoms with Crippen LogP contribution in [0.2, 0.25) is 0 Å². The zero-order valence-corrected chi connectivity index (χ0v) is 14.4. The summed E-state index contributed by atoms with van der Waals surface area (Å²) in [6.07, 6.45) is -1.45. The molecule has 0 saturated carbocycles. The molecule has 0 spiro atoms. The molecule has 1 aromatic carbocycles. The van der Waals surface area contributed by atoms with Crippen molar-refractivity contribution >= 4 is 0 Å². The van der Waals surface area contributed by atoms with E-state index in [0.29, 0.717) is 19.8 Å². The van der Waals surface area contributed by atoms with E-state index in [1.165, 1.54) is 0 Å². The zero-order valence-electron chi connectivity index (χ0n) is 14.4. The van der Waals surface area contributed by atoms with E-state index in [9.17, 15) is 0 Å². The maximum Gasteiger partial charge on any atom is 0.190 e. The molecule has 0 bridgehead atoms. The van der Waals surface area contributed by atoms with Gasteiger partial charge in [0.05, 0.1) is 19.8 Å². The third-order valence-electron chi connectivity index (χ3n) is 4.05. The summed E-state index contributed by atoms with van der Waals surface area (Å²) in [7, 11) is 0. The summed E-state index contributed by atoms with van der Waals surface area (Å²) in [6.45, 7) is 5.08. The summed E-state index contributed by atoms with van der Waals surface area (Å²) in [5.41, 5.74) is 9.46. The third kappa shape index (κ3) is 4.70. The normalized spacial score (nSPS) is 30.0. The smallest absolute Gasteiger partial charge is 0.190 e. The predicted octanol–water partition coefficient (Wildman–Crippen LogP) is 2.78. The van der Waals surface area contributed by atoms with Crippen molar-refractivity contribution in [3.8, 4) is 0 Å². The first-order valence-corrected chi connectivity index (χ1v) is 8.34. The van der Waals surface area contributed by atoms with Gasteiger partial charge in [0.2, 0.25) is 0 Å². The largest absolute Gasteiger partial charge is 0.374 e. The van der Waals surface area contributed by atoms with Crippen molar-refractivity contribution in [2.24, 2.45) is 5.11 Å². The Labute approximate surface area is 146 Å². The maximum atomic E-state index is 8.37. The molecule has 0 amide bonds. The maximum absolute atomic E-state index is 8.37. The van der Waals surface area contributed by atoms with E-state index in [2.05, 4.69) is 10.0 Å². The fraction of sp³-hybridized carbons (Fsp3) is 0.647. The first kappa shape index (κ1) is 18.1. The second kappa shape index (κ2) is 8.14. The summed E-state index contributed by atoms with van der Waals surface area (Å²) >= 11 is 0. The molecule has 4 atom stereocenters. The van der Waals surface area contributed by atoms with E-state index < -0.39 is 12.1 Å². The van der Waals surface area contributed by atoms with Crippen LogP contribution in [0.15, 0.2) is 35.4 Å². The highest BCUT2D eigenvalue weighted by atomic mass is 16.8. The van der Waals surface area contributed by atoms with Crippen molar-refractivity contribution in [2.75, 3.05) is 19.8 Å². The zero-order chi connectivity index (χ0) is 17.7. The Bertz CT molecular complexity index is 606. The molecule has 0 radical (unpaired) electrons. The average Bonchev–Trinajstić information content (AvgIpc) is 3.04. The molecule has 8 heteroatoms. The van der Waals surface area contributed by atoms with Gasteiger partial charge in [0.15, 0.2) is 12.1 Å². The van der Waals surface area contributed by atoms with E-state index in [4.69, 9.17) is 29.2 Å². The quantitative estimate of drug-likeness (QED) is 0.311. The summed E-state index contributed by atoms with van der Waals surface area (Å²) in [6, 6.07) is 9.93. The second-order valence-corrected chi connectivity index (χ2v) is 6.43. The lowest BCUT2D eigenvalue weighted by Crippen LogP contribution is -2.39. The van der Waals surface area contributed by atoms with Crippen LogP contribution in [0, 0.1) is 0 Å². The molecule has 1 aromatic rings. The first-order chi connectivity index (χ1) is 12.1. The van der Waals surface area contributed by atoms with Crippen LogP contribution in [0.3, 0.4) is 0 Å². The van der Waals surface area contributed by atoms with Crippen LogP contribution in [0.4, 0.5) is 0 Å². The summed E-state index contributed by atoms with van der Waals surface area (Å²) in [5.74, 6) is -0.711. The van der Waals surface area contributed by atoms with E-state index in [1.807, 2.05) is 44.2 Å². The van der Waals surface area contributed by atoms with Gasteiger partial charge in [-0.15, -0.1) is 0 Å². The Morgan fingerprint density at radius 3 is 2.80 bits per heavy atom. The van der Waals surface area contributed by atoms with Crippen molar-refractivity contribution in [1.29, 1.82) is 0 Å². The topological polar surface area (TPSA) is 94.9 Å². The minimum atomic E-state index is -0.711. The van der Waals surface area contributed by atoms with Crippen LogP contribution < -0.4 is 0 Å². The highest BCUT2D eigenvalue weighted by Gasteiger charge is 2.55. The average molecular weight is 349 g/mol. The number of benzene rings is 1. The van der Waals surface area contributed by atoms with Crippen molar-refractivity contribution in [3.63, 3.8) is 0 Å². The standard InChI is InChI=1S/C17H23N3O5/c1-17(2)24-15-14(22-9-8-19-20-18)13(23-16(15)25-17)11-21-10-12-6-4-3-5-7-12/h3-7,13-16H,8-11H2,1-2H3/t13-,14?,15?,16-/m1/s1. The van der Waals surface area contributed by atoms with Crippen molar-refractivity contribution in [2.45, 2.75) is 50.8 Å². The Kier molecular flexibility index (Phi) is 5.90. The first-order valence-electron chi connectivity index (χ1n) is 8.34. The number of ether oxygens (including phenoxy) is 5. The van der Waals surface area contributed by atoms with Crippen LogP contribution in [0.1, 0.15) is 19.4 Å². The third-order valence-corrected chi connectivity index (χ3v) is 4.05. The fourth-order valence-electron chi connectivity index (χ4n) is 3.02. The minimum Gasteiger partial charge on any atom is -0.374 e. The number of rotatable bonds is 8. The predicted molar refractivity (Wildman–Crippen MR) is 88.5 cm³/mol. The number of azide groups is 1. The molecule has 0 aliphatic carbocycles. The lowest BCUT2D eigenvalue weighted by atomic mass is 10.1. The molecule has 3 rings (SSSR count). The van der Waals surface area contributed by atoms with Gasteiger partial charge in [-0.1, -0.05) is 35.4 Å². The Morgan fingerprint density at radius 1 is 1.24 bits per heavy atom.